The molecule has 0 saturated heterocycles. The van der Waals surface area contributed by atoms with Gasteiger partial charge in [-0.25, -0.2) is 0 Å². The number of rotatable bonds is 15. The van der Waals surface area contributed by atoms with Crippen LogP contribution in [0.2, 0.25) is 0 Å². The number of fused-ring (bicyclic) bond motifs is 5. The SMILES string of the molecule is CC(C)=CCC/C(C)=C/CC/C(C)=C/CC/C=C(\C)CC/C=C(\C)CCC=C(C)C.c1ccc2c(c1)ccc1c3c(ccc12)CCCC3. The maximum Gasteiger partial charge on any atom is -0.0102 e. The highest BCUT2D eigenvalue weighted by molar-refractivity contribution is 6.08. The maximum atomic E-state index is 2.43. The molecule has 0 heterocycles. The highest BCUT2D eigenvalue weighted by Crippen LogP contribution is 2.33. The predicted octanol–water partition coefficient (Wildman–Crippen LogP) is 15.5. The molecule has 0 N–H and O–H groups in total. The van der Waals surface area contributed by atoms with Gasteiger partial charge in [0.2, 0.25) is 0 Å². The van der Waals surface area contributed by atoms with Gasteiger partial charge in [0.05, 0.1) is 0 Å². The van der Waals surface area contributed by atoms with Gasteiger partial charge in [0.1, 0.15) is 0 Å². The Morgan fingerprint density at radius 2 is 0.896 bits per heavy atom. The van der Waals surface area contributed by atoms with Crippen molar-refractivity contribution in [2.75, 3.05) is 0 Å². The van der Waals surface area contributed by atoms with Crippen LogP contribution in [0.5, 0.6) is 0 Å². The van der Waals surface area contributed by atoms with E-state index in [2.05, 4.69) is 140 Å². The number of hydrogen-bond donors (Lipinski definition) is 0. The van der Waals surface area contributed by atoms with Crippen LogP contribution in [0.4, 0.5) is 0 Å². The van der Waals surface area contributed by atoms with Crippen molar-refractivity contribution in [3.8, 4) is 0 Å². The van der Waals surface area contributed by atoms with Gasteiger partial charge in [-0.3, -0.25) is 0 Å². The molecule has 258 valence electrons. The molecule has 0 bridgehead atoms. The van der Waals surface area contributed by atoms with E-state index in [-0.39, 0.29) is 0 Å². The van der Waals surface area contributed by atoms with Gasteiger partial charge in [-0.2, -0.15) is 0 Å². The minimum Gasteiger partial charge on any atom is -0.0856 e. The molecule has 0 saturated carbocycles. The Kier molecular flexibility index (Phi) is 17.5. The summed E-state index contributed by atoms with van der Waals surface area (Å²) in [6.45, 7) is 17.8. The minimum atomic E-state index is 1.17. The number of allylic oxidation sites excluding steroid dienone is 12. The predicted molar refractivity (Wildman–Crippen MR) is 218 cm³/mol. The van der Waals surface area contributed by atoms with E-state index in [1.54, 1.807) is 11.1 Å². The Bertz CT molecular complexity index is 1560. The summed E-state index contributed by atoms with van der Waals surface area (Å²) in [6.07, 6.45) is 31.4. The maximum absolute atomic E-state index is 2.43. The Morgan fingerprint density at radius 1 is 0.438 bits per heavy atom. The zero-order valence-electron chi connectivity index (χ0n) is 32.0. The molecule has 1 aliphatic rings. The molecule has 1 aliphatic carbocycles. The zero-order chi connectivity index (χ0) is 34.7. The second-order valence-electron chi connectivity index (χ2n) is 14.8. The van der Waals surface area contributed by atoms with Crippen LogP contribution in [-0.4, -0.2) is 0 Å². The Hall–Kier alpha value is -3.38. The van der Waals surface area contributed by atoms with Crippen LogP contribution in [0.25, 0.3) is 21.5 Å². The summed E-state index contributed by atoms with van der Waals surface area (Å²) in [5.41, 5.74) is 12.1. The third-order valence-electron chi connectivity index (χ3n) is 9.66. The van der Waals surface area contributed by atoms with Gasteiger partial charge in [0.15, 0.2) is 0 Å². The van der Waals surface area contributed by atoms with Crippen molar-refractivity contribution in [1.29, 1.82) is 0 Å². The van der Waals surface area contributed by atoms with Crippen molar-refractivity contribution >= 4 is 21.5 Å². The number of unbranched alkanes of at least 4 members (excludes halogenated alkanes) is 1. The van der Waals surface area contributed by atoms with E-state index < -0.39 is 0 Å². The van der Waals surface area contributed by atoms with Crippen LogP contribution < -0.4 is 0 Å². The molecule has 0 nitrogen and oxygen atoms in total. The third-order valence-corrected chi connectivity index (χ3v) is 9.66. The van der Waals surface area contributed by atoms with E-state index in [0.29, 0.717) is 0 Å². The van der Waals surface area contributed by atoms with E-state index in [4.69, 9.17) is 0 Å². The smallest absolute Gasteiger partial charge is 0.0102 e. The molecule has 0 heteroatoms. The number of benzene rings is 3. The molecule has 0 radical (unpaired) electrons. The summed E-state index contributed by atoms with van der Waals surface area (Å²) in [4.78, 5) is 0. The highest BCUT2D eigenvalue weighted by Gasteiger charge is 2.13. The first-order chi connectivity index (χ1) is 23.1. The fraction of sp³-hybridized carbons (Fsp3) is 0.458. The first kappa shape index (κ1) is 39.1. The number of hydrogen-bond acceptors (Lipinski definition) is 0. The van der Waals surface area contributed by atoms with E-state index >= 15 is 0 Å². The molecule has 4 rings (SSSR count). The monoisotopic (exact) mass is 643 g/mol. The van der Waals surface area contributed by atoms with Crippen molar-refractivity contribution in [2.24, 2.45) is 0 Å². The Morgan fingerprint density at radius 3 is 1.44 bits per heavy atom. The Balaban J connectivity index is 0.000000289. The van der Waals surface area contributed by atoms with E-state index in [0.717, 1.165) is 0 Å². The molecule has 0 atom stereocenters. The third kappa shape index (κ3) is 14.4. The fourth-order valence-electron chi connectivity index (χ4n) is 6.68. The lowest BCUT2D eigenvalue weighted by Gasteiger charge is -2.18. The van der Waals surface area contributed by atoms with Crippen molar-refractivity contribution in [3.05, 3.63) is 130 Å². The highest BCUT2D eigenvalue weighted by atomic mass is 14.2. The van der Waals surface area contributed by atoms with Crippen LogP contribution in [0.15, 0.2) is 118 Å². The lowest BCUT2D eigenvalue weighted by Crippen LogP contribution is -2.02. The van der Waals surface area contributed by atoms with Crippen LogP contribution in [0.1, 0.15) is 144 Å². The van der Waals surface area contributed by atoms with Crippen molar-refractivity contribution < 1.29 is 0 Å². The lowest BCUT2D eigenvalue weighted by molar-refractivity contribution is 0.690. The summed E-state index contributed by atoms with van der Waals surface area (Å²) in [5.74, 6) is 0. The van der Waals surface area contributed by atoms with Crippen molar-refractivity contribution in [3.63, 3.8) is 0 Å². The molecular formula is C48H66. The van der Waals surface area contributed by atoms with Gasteiger partial charge in [-0.1, -0.05) is 118 Å². The van der Waals surface area contributed by atoms with Gasteiger partial charge in [0, 0.05) is 0 Å². The summed E-state index contributed by atoms with van der Waals surface area (Å²) in [5, 5.41) is 5.64. The van der Waals surface area contributed by atoms with E-state index in [9.17, 15) is 0 Å². The van der Waals surface area contributed by atoms with Gasteiger partial charge in [0.25, 0.3) is 0 Å². The second-order valence-corrected chi connectivity index (χ2v) is 14.8. The van der Waals surface area contributed by atoms with Gasteiger partial charge in [-0.05, 0) is 178 Å². The van der Waals surface area contributed by atoms with Gasteiger partial charge >= 0.3 is 0 Å². The molecule has 3 aromatic carbocycles. The van der Waals surface area contributed by atoms with Crippen LogP contribution >= 0.6 is 0 Å². The molecule has 3 aromatic rings. The zero-order valence-corrected chi connectivity index (χ0v) is 32.0. The molecule has 48 heavy (non-hydrogen) atoms. The molecule has 0 unspecified atom stereocenters. The van der Waals surface area contributed by atoms with E-state index in [1.165, 1.54) is 145 Å². The van der Waals surface area contributed by atoms with Crippen molar-refractivity contribution in [1.82, 2.24) is 0 Å². The molecule has 0 amide bonds. The minimum absolute atomic E-state index is 1.17. The summed E-state index contributed by atoms with van der Waals surface area (Å²) in [6, 6.07) is 18.0. The first-order valence-corrected chi connectivity index (χ1v) is 19.0. The average molecular weight is 643 g/mol. The van der Waals surface area contributed by atoms with Crippen LogP contribution in [0.3, 0.4) is 0 Å². The van der Waals surface area contributed by atoms with Gasteiger partial charge < -0.3 is 0 Å². The summed E-state index contributed by atoms with van der Waals surface area (Å²) < 4.78 is 0. The molecule has 0 fully saturated rings. The summed E-state index contributed by atoms with van der Waals surface area (Å²) >= 11 is 0. The quantitative estimate of drug-likeness (QED) is 0.0879. The largest absolute Gasteiger partial charge is 0.0856 e. The molecular weight excluding hydrogens is 577 g/mol. The molecule has 0 aromatic heterocycles. The van der Waals surface area contributed by atoms with E-state index in [1.807, 2.05) is 0 Å². The summed E-state index contributed by atoms with van der Waals surface area (Å²) in [7, 11) is 0. The van der Waals surface area contributed by atoms with Crippen molar-refractivity contribution in [2.45, 2.75) is 145 Å². The van der Waals surface area contributed by atoms with Crippen LogP contribution in [0, 0.1) is 0 Å². The first-order valence-electron chi connectivity index (χ1n) is 19.0. The van der Waals surface area contributed by atoms with Crippen LogP contribution in [-0.2, 0) is 12.8 Å². The Labute approximate surface area is 295 Å². The second kappa shape index (κ2) is 21.6. The average Bonchev–Trinajstić information content (AvgIpc) is 3.06. The fourth-order valence-corrected chi connectivity index (χ4v) is 6.68. The normalized spacial score (nSPS) is 14.0. The van der Waals surface area contributed by atoms with Gasteiger partial charge in [-0.15, -0.1) is 0 Å². The standard InChI is InChI=1S/C30H50.C18H16/c1-25(2)15-11-19-29(7)23-13-21-27(5)17-9-10-18-28(6)22-14-24-30(8)20-12-16-26(3)4;1-3-7-15-13(5-1)9-11-18-16-8-4-2-6-14(16)10-12-17(15)18/h15-18,23-24H,9-14,19-22H2,1-8H3;1,3,5,7,9-12H,2,4,6,8H2/b27-17+,28-18+,29-23+,30-24+;. The molecule has 0 aliphatic heterocycles. The lowest BCUT2D eigenvalue weighted by atomic mass is 9.86. The number of aryl methyl sites for hydroxylation is 2. The topological polar surface area (TPSA) is 0 Å². The molecule has 0 spiro atoms.